The minimum Gasteiger partial charge on any atom is -0.493 e. The summed E-state index contributed by atoms with van der Waals surface area (Å²) < 4.78 is 23.9. The van der Waals surface area contributed by atoms with Crippen LogP contribution in [0.15, 0.2) is 53.6 Å². The third kappa shape index (κ3) is 5.45. The number of methoxy groups -OCH3 is 2. The highest BCUT2D eigenvalue weighted by molar-refractivity contribution is 7.99. The normalized spacial score (nSPS) is 10.4. The number of hydrogen-bond donors (Lipinski definition) is 1. The van der Waals surface area contributed by atoms with Gasteiger partial charge in [-0.1, -0.05) is 11.8 Å². The Morgan fingerprint density at radius 2 is 1.87 bits per heavy atom. The maximum atomic E-state index is 13.4. The lowest BCUT2D eigenvalue weighted by Crippen LogP contribution is -2.14. The van der Waals surface area contributed by atoms with Gasteiger partial charge in [-0.05, 0) is 42.5 Å². The van der Waals surface area contributed by atoms with E-state index in [0.717, 1.165) is 29.5 Å². The summed E-state index contributed by atoms with van der Waals surface area (Å²) in [5.74, 6) is -0.226. The summed E-state index contributed by atoms with van der Waals surface area (Å²) in [5, 5.41) is 22.1. The first-order valence-electron chi connectivity index (χ1n) is 8.84. The lowest BCUT2D eigenvalue weighted by atomic mass is 10.1. The van der Waals surface area contributed by atoms with Crippen molar-refractivity contribution in [2.45, 2.75) is 5.03 Å². The molecule has 0 aliphatic rings. The van der Waals surface area contributed by atoms with Crippen LogP contribution in [0.3, 0.4) is 0 Å². The van der Waals surface area contributed by atoms with Gasteiger partial charge in [0.05, 0.1) is 30.6 Å². The van der Waals surface area contributed by atoms with Gasteiger partial charge < -0.3 is 14.8 Å². The highest BCUT2D eigenvalue weighted by Gasteiger charge is 2.15. The molecule has 0 aliphatic carbocycles. The quantitative estimate of drug-likeness (QED) is 0.315. The van der Waals surface area contributed by atoms with E-state index in [9.17, 15) is 19.3 Å². The van der Waals surface area contributed by atoms with E-state index in [1.165, 1.54) is 6.07 Å². The molecule has 3 rings (SSSR count). The molecule has 9 nitrogen and oxygen atoms in total. The van der Waals surface area contributed by atoms with Crippen molar-refractivity contribution in [1.82, 2.24) is 10.2 Å². The molecule has 0 bridgehead atoms. The molecule has 0 saturated heterocycles. The Morgan fingerprint density at radius 1 is 1.10 bits per heavy atom. The van der Waals surface area contributed by atoms with Crippen molar-refractivity contribution in [3.05, 3.63) is 64.5 Å². The van der Waals surface area contributed by atoms with Crippen molar-refractivity contribution in [2.75, 3.05) is 25.3 Å². The summed E-state index contributed by atoms with van der Waals surface area (Å²) in [6.07, 6.45) is 0. The van der Waals surface area contributed by atoms with Crippen molar-refractivity contribution >= 4 is 29.0 Å². The predicted molar refractivity (Wildman–Crippen MR) is 113 cm³/mol. The number of hydrogen-bond acceptors (Lipinski definition) is 8. The number of benzene rings is 2. The molecule has 0 fully saturated rings. The van der Waals surface area contributed by atoms with E-state index in [-0.39, 0.29) is 11.4 Å². The number of nitro groups is 1. The number of carbonyl (C=O) groups excluding carboxylic acids is 1. The van der Waals surface area contributed by atoms with Gasteiger partial charge in [-0.3, -0.25) is 14.9 Å². The topological polar surface area (TPSA) is 116 Å². The van der Waals surface area contributed by atoms with E-state index in [1.54, 1.807) is 38.5 Å². The second-order valence-corrected chi connectivity index (χ2v) is 7.08. The van der Waals surface area contributed by atoms with Crippen LogP contribution in [0.5, 0.6) is 11.5 Å². The van der Waals surface area contributed by atoms with Crippen LogP contribution in [-0.4, -0.2) is 41.0 Å². The van der Waals surface area contributed by atoms with Crippen molar-refractivity contribution < 1.29 is 23.6 Å². The molecule has 0 atom stereocenters. The van der Waals surface area contributed by atoms with Crippen LogP contribution in [-0.2, 0) is 4.79 Å². The number of anilines is 1. The summed E-state index contributed by atoms with van der Waals surface area (Å²) >= 11 is 1.14. The number of aromatic nitrogens is 2. The zero-order chi connectivity index (χ0) is 22.4. The predicted octanol–water partition coefficient (Wildman–Crippen LogP) is 3.94. The van der Waals surface area contributed by atoms with Crippen molar-refractivity contribution in [2.24, 2.45) is 0 Å². The molecule has 0 unspecified atom stereocenters. The van der Waals surface area contributed by atoms with Gasteiger partial charge in [0.15, 0.2) is 11.5 Å². The fraction of sp³-hybridized carbons (Fsp3) is 0.150. The number of rotatable bonds is 8. The van der Waals surface area contributed by atoms with Crippen LogP contribution >= 0.6 is 11.8 Å². The van der Waals surface area contributed by atoms with E-state index in [1.807, 2.05) is 6.07 Å². The van der Waals surface area contributed by atoms with Gasteiger partial charge >= 0.3 is 5.69 Å². The molecule has 2 aromatic carbocycles. The Morgan fingerprint density at radius 3 is 2.52 bits per heavy atom. The first kappa shape index (κ1) is 22.0. The number of nitrogens with zero attached hydrogens (tertiary/aromatic N) is 3. The Labute approximate surface area is 180 Å². The number of amides is 1. The molecule has 160 valence electrons. The highest BCUT2D eigenvalue weighted by Crippen LogP contribution is 2.31. The molecule has 0 spiro atoms. The van der Waals surface area contributed by atoms with Crippen LogP contribution in [0.1, 0.15) is 0 Å². The largest absolute Gasteiger partial charge is 0.493 e. The van der Waals surface area contributed by atoms with E-state index in [0.29, 0.717) is 22.2 Å². The van der Waals surface area contributed by atoms with E-state index in [4.69, 9.17) is 9.47 Å². The van der Waals surface area contributed by atoms with E-state index >= 15 is 0 Å². The molecule has 31 heavy (non-hydrogen) atoms. The first-order valence-corrected chi connectivity index (χ1v) is 9.82. The number of ether oxygens (including phenoxy) is 2. The molecule has 3 aromatic rings. The van der Waals surface area contributed by atoms with Gasteiger partial charge in [0, 0.05) is 17.3 Å². The maximum Gasteiger partial charge on any atom is 0.306 e. The lowest BCUT2D eigenvalue weighted by molar-refractivity contribution is -0.387. The fourth-order valence-electron chi connectivity index (χ4n) is 2.61. The zero-order valence-electron chi connectivity index (χ0n) is 16.5. The summed E-state index contributed by atoms with van der Waals surface area (Å²) in [7, 11) is 3.10. The number of nitrogens with one attached hydrogen (secondary N) is 1. The molecule has 1 heterocycles. The fourth-order valence-corrected chi connectivity index (χ4v) is 3.23. The molecule has 11 heteroatoms. The minimum atomic E-state index is -0.970. The second kappa shape index (κ2) is 9.85. The first-order chi connectivity index (χ1) is 14.9. The molecule has 0 aliphatic heterocycles. The molecule has 1 amide bonds. The van der Waals surface area contributed by atoms with Gasteiger partial charge in [0.25, 0.3) is 0 Å². The van der Waals surface area contributed by atoms with Crippen LogP contribution in [0.25, 0.3) is 11.3 Å². The average molecular weight is 444 g/mol. The number of carbonyl (C=O) groups is 1. The third-order valence-electron chi connectivity index (χ3n) is 4.10. The van der Waals surface area contributed by atoms with E-state index < -0.39 is 22.3 Å². The van der Waals surface area contributed by atoms with Crippen molar-refractivity contribution in [3.63, 3.8) is 0 Å². The number of thioether (sulfide) groups is 1. The van der Waals surface area contributed by atoms with Crippen LogP contribution in [0, 0.1) is 15.9 Å². The SMILES string of the molecule is COc1ccc(-c2ccc(SCC(=O)Nc3ccc(F)c([N+](=O)[O-])c3)nn2)cc1OC. The van der Waals surface area contributed by atoms with Crippen molar-refractivity contribution in [3.8, 4) is 22.8 Å². The standard InChI is InChI=1S/C20H17FN4O5S/c1-29-17-7-3-12(9-18(17)30-2)15-6-8-20(24-23-15)31-11-19(26)22-13-4-5-14(21)16(10-13)25(27)28/h3-10H,11H2,1-2H3,(H,22,26). The second-order valence-electron chi connectivity index (χ2n) is 6.09. The minimum absolute atomic E-state index is 0.00441. The molecule has 0 saturated carbocycles. The average Bonchev–Trinajstić information content (AvgIpc) is 2.78. The van der Waals surface area contributed by atoms with Gasteiger partial charge in [-0.2, -0.15) is 4.39 Å². The molecule has 0 radical (unpaired) electrons. The van der Waals surface area contributed by atoms with E-state index in [2.05, 4.69) is 15.5 Å². The lowest BCUT2D eigenvalue weighted by Gasteiger charge is -2.09. The summed E-state index contributed by atoms with van der Waals surface area (Å²) in [6, 6.07) is 12.0. The Balaban J connectivity index is 1.61. The van der Waals surface area contributed by atoms with Crippen LogP contribution in [0.4, 0.5) is 15.8 Å². The maximum absolute atomic E-state index is 13.4. The van der Waals surface area contributed by atoms with Crippen molar-refractivity contribution in [1.29, 1.82) is 0 Å². The van der Waals surface area contributed by atoms with Gasteiger partial charge in [0.2, 0.25) is 11.7 Å². The molecular formula is C20H17FN4O5S. The Kier molecular flexibility index (Phi) is 6.98. The third-order valence-corrected chi connectivity index (χ3v) is 5.02. The molecule has 1 N–H and O–H groups in total. The Bertz CT molecular complexity index is 1110. The highest BCUT2D eigenvalue weighted by atomic mass is 32.2. The van der Waals surface area contributed by atoms with Gasteiger partial charge in [0.1, 0.15) is 5.03 Å². The van der Waals surface area contributed by atoms with Crippen LogP contribution < -0.4 is 14.8 Å². The van der Waals surface area contributed by atoms with Gasteiger partial charge in [-0.15, -0.1) is 10.2 Å². The zero-order valence-corrected chi connectivity index (χ0v) is 17.3. The molecule has 1 aromatic heterocycles. The monoisotopic (exact) mass is 444 g/mol. The summed E-state index contributed by atoms with van der Waals surface area (Å²) in [5.41, 5.74) is 0.835. The summed E-state index contributed by atoms with van der Waals surface area (Å²) in [4.78, 5) is 22.0. The number of halogens is 1. The van der Waals surface area contributed by atoms with Gasteiger partial charge in [-0.25, -0.2) is 0 Å². The smallest absolute Gasteiger partial charge is 0.306 e. The van der Waals surface area contributed by atoms with Crippen LogP contribution in [0.2, 0.25) is 0 Å². The Hall–Kier alpha value is -3.73. The molecular weight excluding hydrogens is 427 g/mol. The summed E-state index contributed by atoms with van der Waals surface area (Å²) in [6.45, 7) is 0. The number of nitro benzene ring substituents is 1.